The van der Waals surface area contributed by atoms with Gasteiger partial charge in [-0.1, -0.05) is 18.5 Å². The number of likely N-dealkylation sites (tertiary alicyclic amines) is 1. The van der Waals surface area contributed by atoms with Crippen LogP contribution in [0.4, 0.5) is 0 Å². The third-order valence-corrected chi connectivity index (χ3v) is 5.03. The Morgan fingerprint density at radius 1 is 1.62 bits per heavy atom. The summed E-state index contributed by atoms with van der Waals surface area (Å²) in [5, 5.41) is 13.5. The molecular weight excluding hydrogens is 294 g/mol. The summed E-state index contributed by atoms with van der Waals surface area (Å²) in [4.78, 5) is 18.2. The van der Waals surface area contributed by atoms with Crippen molar-refractivity contribution in [3.05, 3.63) is 11.7 Å². The van der Waals surface area contributed by atoms with Crippen LogP contribution in [0.15, 0.2) is 4.52 Å². The predicted octanol–water partition coefficient (Wildman–Crippen LogP) is 2.30. The number of rotatable bonds is 4. The number of hydrogen-bond acceptors (Lipinski definition) is 5. The maximum atomic E-state index is 11.7. The van der Waals surface area contributed by atoms with Gasteiger partial charge in [0.15, 0.2) is 5.82 Å². The molecule has 2 heterocycles. The summed E-state index contributed by atoms with van der Waals surface area (Å²) in [5.41, 5.74) is -0.554. The first-order chi connectivity index (χ1) is 9.56. The zero-order valence-corrected chi connectivity index (χ0v) is 13.2. The molecule has 0 aromatic carbocycles. The van der Waals surface area contributed by atoms with Crippen LogP contribution in [0, 0.1) is 11.3 Å². The Morgan fingerprint density at radius 3 is 2.95 bits per heavy atom. The van der Waals surface area contributed by atoms with Gasteiger partial charge in [-0.05, 0) is 25.7 Å². The Morgan fingerprint density at radius 2 is 2.38 bits per heavy atom. The molecule has 2 aliphatic rings. The number of aromatic nitrogens is 2. The molecule has 21 heavy (non-hydrogen) atoms. The summed E-state index contributed by atoms with van der Waals surface area (Å²) in [6.45, 7) is 5.41. The average Bonchev–Trinajstić information content (AvgIpc) is 3.11. The van der Waals surface area contributed by atoms with E-state index in [0.717, 1.165) is 32.2 Å². The van der Waals surface area contributed by atoms with Gasteiger partial charge in [-0.15, -0.1) is 12.4 Å². The highest BCUT2D eigenvalue weighted by Crippen LogP contribution is 2.50. The lowest BCUT2D eigenvalue weighted by molar-refractivity contribution is -0.149. The van der Waals surface area contributed by atoms with E-state index in [9.17, 15) is 9.90 Å². The van der Waals surface area contributed by atoms with Gasteiger partial charge in [0.2, 0.25) is 5.89 Å². The number of hydrogen-bond donors (Lipinski definition) is 1. The molecular formula is C14H22ClN3O3. The van der Waals surface area contributed by atoms with E-state index >= 15 is 0 Å². The SMILES string of the molecule is CCc1noc(C(C)N2C[C@@H]3CCC[C@@]3(C(=O)O)C2)n1.Cl. The van der Waals surface area contributed by atoms with Crippen LogP contribution in [-0.4, -0.2) is 39.2 Å². The van der Waals surface area contributed by atoms with Crippen LogP contribution in [0.5, 0.6) is 0 Å². The van der Waals surface area contributed by atoms with Crippen molar-refractivity contribution >= 4 is 18.4 Å². The molecule has 1 aliphatic carbocycles. The van der Waals surface area contributed by atoms with E-state index in [-0.39, 0.29) is 24.4 Å². The molecule has 1 aromatic rings. The normalized spacial score (nSPS) is 29.9. The molecule has 1 aliphatic heterocycles. The van der Waals surface area contributed by atoms with Crippen LogP contribution in [-0.2, 0) is 11.2 Å². The second-order valence-electron chi connectivity index (χ2n) is 6.06. The lowest BCUT2D eigenvalue weighted by atomic mass is 9.81. The molecule has 0 radical (unpaired) electrons. The largest absolute Gasteiger partial charge is 0.481 e. The molecule has 1 aromatic heterocycles. The van der Waals surface area contributed by atoms with Crippen LogP contribution in [0.3, 0.4) is 0 Å². The Labute approximate surface area is 130 Å². The highest BCUT2D eigenvalue weighted by Gasteiger charge is 2.55. The van der Waals surface area contributed by atoms with Crippen molar-refractivity contribution < 1.29 is 14.4 Å². The predicted molar refractivity (Wildman–Crippen MR) is 78.3 cm³/mol. The van der Waals surface area contributed by atoms with Crippen molar-refractivity contribution in [1.29, 1.82) is 0 Å². The van der Waals surface area contributed by atoms with Gasteiger partial charge in [-0.3, -0.25) is 9.69 Å². The number of aryl methyl sites for hydroxylation is 1. The van der Waals surface area contributed by atoms with Crippen molar-refractivity contribution in [2.75, 3.05) is 13.1 Å². The molecule has 1 N–H and O–H groups in total. The van der Waals surface area contributed by atoms with Gasteiger partial charge in [-0.25, -0.2) is 0 Å². The lowest BCUT2D eigenvalue weighted by Gasteiger charge is -2.25. The summed E-state index contributed by atoms with van der Waals surface area (Å²) in [7, 11) is 0. The Hall–Kier alpha value is -1.14. The Balaban J connectivity index is 0.00000161. The van der Waals surface area contributed by atoms with E-state index in [1.807, 2.05) is 13.8 Å². The Kier molecular flexibility index (Phi) is 4.58. The summed E-state index contributed by atoms with van der Waals surface area (Å²) in [6.07, 6.45) is 3.58. The fourth-order valence-electron chi connectivity index (χ4n) is 3.71. The van der Waals surface area contributed by atoms with Crippen LogP contribution in [0.2, 0.25) is 0 Å². The van der Waals surface area contributed by atoms with Crippen molar-refractivity contribution in [2.45, 2.75) is 45.6 Å². The van der Waals surface area contributed by atoms with Gasteiger partial charge in [0, 0.05) is 19.5 Å². The number of halogens is 1. The van der Waals surface area contributed by atoms with E-state index in [2.05, 4.69) is 15.0 Å². The highest BCUT2D eigenvalue weighted by atomic mass is 35.5. The zero-order chi connectivity index (χ0) is 14.3. The molecule has 2 fully saturated rings. The minimum atomic E-state index is -0.644. The third-order valence-electron chi connectivity index (χ3n) is 5.03. The van der Waals surface area contributed by atoms with Crippen LogP contribution < -0.4 is 0 Å². The first-order valence-electron chi connectivity index (χ1n) is 7.36. The quantitative estimate of drug-likeness (QED) is 0.918. The zero-order valence-electron chi connectivity index (χ0n) is 12.4. The molecule has 1 saturated carbocycles. The standard InChI is InChI=1S/C14H21N3O3.ClH/c1-3-11-15-12(20-16-11)9(2)17-7-10-5-4-6-14(10,8-17)13(18)19;/h9-10H,3-8H2,1-2H3,(H,18,19);1H/t9?,10-,14+;/m0./s1. The first kappa shape index (κ1) is 16.2. The van der Waals surface area contributed by atoms with E-state index in [1.165, 1.54) is 0 Å². The average molecular weight is 316 g/mol. The summed E-state index contributed by atoms with van der Waals surface area (Å²) < 4.78 is 5.30. The Bertz CT molecular complexity index is 521. The van der Waals surface area contributed by atoms with E-state index < -0.39 is 11.4 Å². The monoisotopic (exact) mass is 315 g/mol. The number of aliphatic carboxylic acids is 1. The first-order valence-corrected chi connectivity index (χ1v) is 7.36. The number of carboxylic acid groups (broad SMARTS) is 1. The number of carbonyl (C=O) groups is 1. The maximum absolute atomic E-state index is 11.7. The van der Waals surface area contributed by atoms with Crippen molar-refractivity contribution in [3.8, 4) is 0 Å². The van der Waals surface area contributed by atoms with Gasteiger partial charge >= 0.3 is 5.97 Å². The maximum Gasteiger partial charge on any atom is 0.311 e. The fourth-order valence-corrected chi connectivity index (χ4v) is 3.71. The molecule has 6 nitrogen and oxygen atoms in total. The lowest BCUT2D eigenvalue weighted by Crippen LogP contribution is -2.36. The molecule has 0 bridgehead atoms. The van der Waals surface area contributed by atoms with Gasteiger partial charge in [0.25, 0.3) is 0 Å². The van der Waals surface area contributed by atoms with Crippen LogP contribution >= 0.6 is 12.4 Å². The number of carboxylic acids is 1. The highest BCUT2D eigenvalue weighted by molar-refractivity contribution is 5.85. The van der Waals surface area contributed by atoms with Gasteiger partial charge in [0.1, 0.15) is 0 Å². The van der Waals surface area contributed by atoms with Gasteiger partial charge in [0.05, 0.1) is 11.5 Å². The van der Waals surface area contributed by atoms with Crippen molar-refractivity contribution in [3.63, 3.8) is 0 Å². The molecule has 1 saturated heterocycles. The smallest absolute Gasteiger partial charge is 0.311 e. The van der Waals surface area contributed by atoms with E-state index in [4.69, 9.17) is 4.52 Å². The molecule has 3 atom stereocenters. The third kappa shape index (κ3) is 2.55. The van der Waals surface area contributed by atoms with Crippen molar-refractivity contribution in [2.24, 2.45) is 11.3 Å². The second kappa shape index (κ2) is 5.93. The van der Waals surface area contributed by atoms with E-state index in [1.54, 1.807) is 0 Å². The number of fused-ring (bicyclic) bond motifs is 1. The summed E-state index contributed by atoms with van der Waals surface area (Å²) in [5.74, 6) is 0.923. The van der Waals surface area contributed by atoms with Crippen LogP contribution in [0.1, 0.15) is 50.9 Å². The molecule has 0 spiro atoms. The van der Waals surface area contributed by atoms with Crippen molar-refractivity contribution in [1.82, 2.24) is 15.0 Å². The summed E-state index contributed by atoms with van der Waals surface area (Å²) in [6, 6.07) is -0.00961. The van der Waals surface area contributed by atoms with E-state index in [0.29, 0.717) is 18.3 Å². The van der Waals surface area contributed by atoms with Gasteiger partial charge < -0.3 is 9.63 Å². The summed E-state index contributed by atoms with van der Waals surface area (Å²) >= 11 is 0. The fraction of sp³-hybridized carbons (Fsp3) is 0.786. The second-order valence-corrected chi connectivity index (χ2v) is 6.06. The molecule has 118 valence electrons. The molecule has 7 heteroatoms. The topological polar surface area (TPSA) is 79.5 Å². The van der Waals surface area contributed by atoms with Gasteiger partial charge in [-0.2, -0.15) is 4.98 Å². The molecule has 1 unspecified atom stereocenters. The minimum Gasteiger partial charge on any atom is -0.481 e. The molecule has 0 amide bonds. The van der Waals surface area contributed by atoms with Crippen LogP contribution in [0.25, 0.3) is 0 Å². The molecule has 3 rings (SSSR count). The minimum absolute atomic E-state index is 0. The number of nitrogens with zero attached hydrogens (tertiary/aromatic N) is 3.